The Morgan fingerprint density at radius 3 is 2.41 bits per heavy atom. The summed E-state index contributed by atoms with van der Waals surface area (Å²) in [7, 11) is 3.16. The predicted molar refractivity (Wildman–Crippen MR) is 69.8 cm³/mol. The topological polar surface area (TPSA) is 50.4 Å². The molecule has 0 bridgehead atoms. The number of benzene rings is 1. The van der Waals surface area contributed by atoms with Gasteiger partial charge in [0.25, 0.3) is 0 Å². The summed E-state index contributed by atoms with van der Waals surface area (Å²) in [5.41, 5.74) is 1.86. The van der Waals surface area contributed by atoms with E-state index in [1.54, 1.807) is 14.2 Å². The van der Waals surface area contributed by atoms with Crippen molar-refractivity contribution >= 4 is 11.7 Å². The smallest absolute Gasteiger partial charge is 0.319 e. The molecule has 0 spiro atoms. The van der Waals surface area contributed by atoms with Crippen molar-refractivity contribution in [2.24, 2.45) is 0 Å². The van der Waals surface area contributed by atoms with Crippen LogP contribution in [0.25, 0.3) is 0 Å². The van der Waals surface area contributed by atoms with Gasteiger partial charge in [0.1, 0.15) is 5.75 Å². The molecule has 94 valence electrons. The Hall–Kier alpha value is -1.71. The van der Waals surface area contributed by atoms with Crippen molar-refractivity contribution in [2.75, 3.05) is 19.5 Å². The highest BCUT2D eigenvalue weighted by Crippen LogP contribution is 2.31. The highest BCUT2D eigenvalue weighted by atomic mass is 16.5. The fraction of sp³-hybridized carbons (Fsp3) is 0.462. The van der Waals surface area contributed by atoms with Crippen LogP contribution in [0.4, 0.5) is 10.5 Å². The molecule has 0 unspecified atom stereocenters. The molecule has 0 aromatic heterocycles. The number of rotatable bonds is 2. The third-order valence-electron chi connectivity index (χ3n) is 2.54. The SMILES string of the molecule is CNC(=O)Nc1cc(C(C)(C)C)ccc1OC. The fourth-order valence-corrected chi connectivity index (χ4v) is 1.46. The van der Waals surface area contributed by atoms with Gasteiger partial charge in [0.2, 0.25) is 0 Å². The number of carbonyl (C=O) groups is 1. The highest BCUT2D eigenvalue weighted by Gasteiger charge is 2.16. The van der Waals surface area contributed by atoms with E-state index in [4.69, 9.17) is 4.74 Å². The Bertz CT molecular complexity index is 408. The third kappa shape index (κ3) is 3.37. The summed E-state index contributed by atoms with van der Waals surface area (Å²) in [5, 5.41) is 5.27. The molecule has 0 heterocycles. The molecular weight excluding hydrogens is 216 g/mol. The van der Waals surface area contributed by atoms with E-state index in [1.165, 1.54) is 0 Å². The van der Waals surface area contributed by atoms with E-state index >= 15 is 0 Å². The van der Waals surface area contributed by atoms with Crippen LogP contribution in [-0.2, 0) is 5.41 Å². The lowest BCUT2D eigenvalue weighted by Crippen LogP contribution is -2.25. The van der Waals surface area contributed by atoms with Gasteiger partial charge in [-0.15, -0.1) is 0 Å². The minimum Gasteiger partial charge on any atom is -0.495 e. The minimum atomic E-state index is -0.255. The Morgan fingerprint density at radius 2 is 1.94 bits per heavy atom. The van der Waals surface area contributed by atoms with E-state index in [0.29, 0.717) is 11.4 Å². The van der Waals surface area contributed by atoms with Gasteiger partial charge in [0, 0.05) is 7.05 Å². The Morgan fingerprint density at radius 1 is 1.29 bits per heavy atom. The first kappa shape index (κ1) is 13.4. The van der Waals surface area contributed by atoms with Crippen molar-refractivity contribution in [3.8, 4) is 5.75 Å². The lowest BCUT2D eigenvalue weighted by atomic mass is 9.87. The van der Waals surface area contributed by atoms with E-state index in [-0.39, 0.29) is 11.4 Å². The van der Waals surface area contributed by atoms with Crippen LogP contribution in [0.3, 0.4) is 0 Å². The van der Waals surface area contributed by atoms with E-state index in [9.17, 15) is 4.79 Å². The van der Waals surface area contributed by atoms with Gasteiger partial charge in [-0.1, -0.05) is 26.8 Å². The molecule has 0 aliphatic carbocycles. The molecule has 17 heavy (non-hydrogen) atoms. The number of anilines is 1. The number of nitrogens with one attached hydrogen (secondary N) is 2. The molecule has 0 aliphatic rings. The van der Waals surface area contributed by atoms with Crippen molar-refractivity contribution in [2.45, 2.75) is 26.2 Å². The van der Waals surface area contributed by atoms with Gasteiger partial charge in [-0.2, -0.15) is 0 Å². The van der Waals surface area contributed by atoms with Crippen LogP contribution < -0.4 is 15.4 Å². The second-order valence-electron chi connectivity index (χ2n) is 4.87. The van der Waals surface area contributed by atoms with Gasteiger partial charge in [-0.3, -0.25) is 0 Å². The molecule has 0 saturated carbocycles. The highest BCUT2D eigenvalue weighted by molar-refractivity contribution is 5.90. The molecule has 2 amide bonds. The monoisotopic (exact) mass is 236 g/mol. The number of hydrogen-bond donors (Lipinski definition) is 2. The Labute approximate surface area is 102 Å². The second-order valence-corrected chi connectivity index (χ2v) is 4.87. The minimum absolute atomic E-state index is 0.0331. The molecular formula is C13H20N2O2. The molecule has 2 N–H and O–H groups in total. The molecule has 1 aromatic rings. The predicted octanol–water partition coefficient (Wildman–Crippen LogP) is 2.74. The first-order valence-corrected chi connectivity index (χ1v) is 5.55. The third-order valence-corrected chi connectivity index (χ3v) is 2.54. The maximum Gasteiger partial charge on any atom is 0.319 e. The van der Waals surface area contributed by atoms with E-state index in [1.807, 2.05) is 18.2 Å². The van der Waals surface area contributed by atoms with Crippen LogP contribution in [-0.4, -0.2) is 20.2 Å². The molecule has 0 fully saturated rings. The number of urea groups is 1. The molecule has 4 heteroatoms. The first-order valence-electron chi connectivity index (χ1n) is 5.55. The summed E-state index contributed by atoms with van der Waals surface area (Å²) in [6, 6.07) is 5.56. The summed E-state index contributed by atoms with van der Waals surface area (Å²) >= 11 is 0. The van der Waals surface area contributed by atoms with Crippen LogP contribution in [0.1, 0.15) is 26.3 Å². The van der Waals surface area contributed by atoms with Crippen molar-refractivity contribution < 1.29 is 9.53 Å². The molecule has 1 rings (SSSR count). The molecule has 1 aromatic carbocycles. The van der Waals surface area contributed by atoms with Gasteiger partial charge >= 0.3 is 6.03 Å². The summed E-state index contributed by atoms with van der Waals surface area (Å²) in [4.78, 5) is 11.3. The van der Waals surface area contributed by atoms with Gasteiger partial charge < -0.3 is 15.4 Å². The maximum atomic E-state index is 11.3. The normalized spacial score (nSPS) is 10.9. The van der Waals surface area contributed by atoms with Gasteiger partial charge in [-0.05, 0) is 23.1 Å². The van der Waals surface area contributed by atoms with Crippen LogP contribution in [0.5, 0.6) is 5.75 Å². The summed E-state index contributed by atoms with van der Waals surface area (Å²) < 4.78 is 5.22. The van der Waals surface area contributed by atoms with Crippen molar-refractivity contribution in [1.29, 1.82) is 0 Å². The van der Waals surface area contributed by atoms with Crippen molar-refractivity contribution in [3.63, 3.8) is 0 Å². The van der Waals surface area contributed by atoms with E-state index in [2.05, 4.69) is 31.4 Å². The van der Waals surface area contributed by atoms with E-state index < -0.39 is 0 Å². The average molecular weight is 236 g/mol. The van der Waals surface area contributed by atoms with Gasteiger partial charge in [0.15, 0.2) is 0 Å². The summed E-state index contributed by atoms with van der Waals surface area (Å²) in [6.07, 6.45) is 0. The van der Waals surface area contributed by atoms with Crippen LogP contribution in [0.15, 0.2) is 18.2 Å². The Balaban J connectivity index is 3.11. The second kappa shape index (κ2) is 5.08. The zero-order chi connectivity index (χ0) is 13.1. The van der Waals surface area contributed by atoms with Gasteiger partial charge in [-0.25, -0.2) is 4.79 Å². The van der Waals surface area contributed by atoms with Crippen molar-refractivity contribution in [1.82, 2.24) is 5.32 Å². The first-order chi connectivity index (χ1) is 7.88. The van der Waals surface area contributed by atoms with Crippen LogP contribution >= 0.6 is 0 Å². The van der Waals surface area contributed by atoms with Crippen LogP contribution in [0, 0.1) is 0 Å². The lowest BCUT2D eigenvalue weighted by Gasteiger charge is -2.21. The number of ether oxygens (including phenoxy) is 1. The molecule has 4 nitrogen and oxygen atoms in total. The molecule has 0 atom stereocenters. The zero-order valence-electron chi connectivity index (χ0n) is 11.0. The molecule has 0 radical (unpaired) electrons. The number of amides is 2. The fourth-order valence-electron chi connectivity index (χ4n) is 1.46. The summed E-state index contributed by atoms with van der Waals surface area (Å²) in [5.74, 6) is 0.654. The number of carbonyl (C=O) groups excluding carboxylic acids is 1. The Kier molecular flexibility index (Phi) is 3.99. The van der Waals surface area contributed by atoms with Crippen molar-refractivity contribution in [3.05, 3.63) is 23.8 Å². The van der Waals surface area contributed by atoms with E-state index in [0.717, 1.165) is 5.56 Å². The lowest BCUT2D eigenvalue weighted by molar-refractivity contribution is 0.254. The molecule has 0 aliphatic heterocycles. The number of hydrogen-bond acceptors (Lipinski definition) is 2. The standard InChI is InChI=1S/C13H20N2O2/c1-13(2,3)9-6-7-11(17-5)10(8-9)15-12(16)14-4/h6-8H,1-5H3,(H2,14,15,16). The van der Waals surface area contributed by atoms with Gasteiger partial charge in [0.05, 0.1) is 12.8 Å². The zero-order valence-corrected chi connectivity index (χ0v) is 11.0. The average Bonchev–Trinajstić information content (AvgIpc) is 2.27. The van der Waals surface area contributed by atoms with Crippen LogP contribution in [0.2, 0.25) is 0 Å². The largest absolute Gasteiger partial charge is 0.495 e. The summed E-state index contributed by atoms with van der Waals surface area (Å²) in [6.45, 7) is 6.37. The number of methoxy groups -OCH3 is 1. The quantitative estimate of drug-likeness (QED) is 0.829. The molecule has 0 saturated heterocycles. The maximum absolute atomic E-state index is 11.3.